The first kappa shape index (κ1) is 26.6. The average Bonchev–Trinajstić information content (AvgIpc) is 3.21. The summed E-state index contributed by atoms with van der Waals surface area (Å²) in [5, 5.41) is 9.09. The number of thiophene rings is 1. The molecule has 182 valence electrons. The van der Waals surface area contributed by atoms with Crippen LogP contribution in [0.5, 0.6) is 0 Å². The predicted octanol–water partition coefficient (Wildman–Crippen LogP) is 3.88. The molecule has 0 saturated carbocycles. The SMILES string of the molecule is CC(=NNC(=O)c1ccc(C(=O)NC(C)C)s1)C(C(=O)Nc1ccc(C(F)(F)F)cc1)=C(C)N. The topological polar surface area (TPSA) is 126 Å². The van der Waals surface area contributed by atoms with E-state index in [9.17, 15) is 27.6 Å². The van der Waals surface area contributed by atoms with Gasteiger partial charge in [0.15, 0.2) is 0 Å². The van der Waals surface area contributed by atoms with E-state index in [1.165, 1.54) is 26.0 Å². The molecule has 0 spiro atoms. The minimum atomic E-state index is -4.50. The van der Waals surface area contributed by atoms with Crippen molar-refractivity contribution < 1.29 is 27.6 Å². The van der Waals surface area contributed by atoms with Gasteiger partial charge in [0.05, 0.1) is 26.6 Å². The molecule has 3 amide bonds. The van der Waals surface area contributed by atoms with Crippen LogP contribution < -0.4 is 21.8 Å². The molecule has 1 aromatic heterocycles. The molecular weight excluding hydrogens is 471 g/mol. The monoisotopic (exact) mass is 495 g/mol. The van der Waals surface area contributed by atoms with Gasteiger partial charge in [0.2, 0.25) is 0 Å². The first-order chi connectivity index (χ1) is 15.8. The second kappa shape index (κ2) is 11.0. The number of hydrogen-bond acceptors (Lipinski definition) is 6. The van der Waals surface area contributed by atoms with Crippen molar-refractivity contribution in [3.63, 3.8) is 0 Å². The Kier molecular flexibility index (Phi) is 8.57. The van der Waals surface area contributed by atoms with E-state index in [4.69, 9.17) is 5.73 Å². The minimum Gasteiger partial charge on any atom is -0.402 e. The second-order valence-corrected chi connectivity index (χ2v) is 8.60. The number of carbonyl (C=O) groups is 3. The lowest BCUT2D eigenvalue weighted by atomic mass is 10.1. The van der Waals surface area contributed by atoms with Crippen molar-refractivity contribution in [2.75, 3.05) is 5.32 Å². The molecule has 2 rings (SSSR count). The van der Waals surface area contributed by atoms with Gasteiger partial charge in [-0.25, -0.2) is 5.43 Å². The highest BCUT2D eigenvalue weighted by atomic mass is 32.1. The maximum Gasteiger partial charge on any atom is 0.416 e. The number of anilines is 1. The number of rotatable bonds is 7. The maximum atomic E-state index is 12.7. The highest BCUT2D eigenvalue weighted by molar-refractivity contribution is 7.15. The van der Waals surface area contributed by atoms with Crippen molar-refractivity contribution in [3.05, 3.63) is 63.0 Å². The summed E-state index contributed by atoms with van der Waals surface area (Å²) in [6, 6.07) is 6.84. The Balaban J connectivity index is 2.10. The van der Waals surface area contributed by atoms with E-state index in [1.54, 1.807) is 0 Å². The molecule has 0 radical (unpaired) electrons. The van der Waals surface area contributed by atoms with E-state index < -0.39 is 23.6 Å². The lowest BCUT2D eigenvalue weighted by molar-refractivity contribution is -0.137. The summed E-state index contributed by atoms with van der Waals surface area (Å²) in [7, 11) is 0. The van der Waals surface area contributed by atoms with Crippen molar-refractivity contribution in [2.24, 2.45) is 10.8 Å². The number of nitrogens with zero attached hydrogens (tertiary/aromatic N) is 1. The van der Waals surface area contributed by atoms with E-state index in [0.29, 0.717) is 4.88 Å². The van der Waals surface area contributed by atoms with Gasteiger partial charge in [0.25, 0.3) is 17.7 Å². The molecule has 1 heterocycles. The highest BCUT2D eigenvalue weighted by Gasteiger charge is 2.30. The fourth-order valence-electron chi connectivity index (χ4n) is 2.73. The Hall–Kier alpha value is -3.67. The highest BCUT2D eigenvalue weighted by Crippen LogP contribution is 2.29. The molecule has 0 aliphatic carbocycles. The molecule has 0 aliphatic heterocycles. The third kappa shape index (κ3) is 7.17. The van der Waals surface area contributed by atoms with Crippen molar-refractivity contribution in [2.45, 2.75) is 39.9 Å². The van der Waals surface area contributed by atoms with Gasteiger partial charge in [-0.1, -0.05) is 0 Å². The van der Waals surface area contributed by atoms with E-state index in [2.05, 4.69) is 21.2 Å². The van der Waals surface area contributed by atoms with Gasteiger partial charge in [-0.15, -0.1) is 11.3 Å². The van der Waals surface area contributed by atoms with E-state index in [1.807, 2.05) is 13.8 Å². The van der Waals surface area contributed by atoms with Crippen molar-refractivity contribution in [1.29, 1.82) is 0 Å². The molecular formula is C22H24F3N5O3S. The number of hydrazone groups is 1. The van der Waals surface area contributed by atoms with Gasteiger partial charge < -0.3 is 16.4 Å². The average molecular weight is 496 g/mol. The number of amides is 3. The quantitative estimate of drug-likeness (QED) is 0.264. The molecule has 5 N–H and O–H groups in total. The van der Waals surface area contributed by atoms with Crippen LogP contribution in [0.1, 0.15) is 52.6 Å². The molecule has 0 fully saturated rings. The molecule has 12 heteroatoms. The summed E-state index contributed by atoms with van der Waals surface area (Å²) in [6.07, 6.45) is -4.50. The predicted molar refractivity (Wildman–Crippen MR) is 124 cm³/mol. The van der Waals surface area contributed by atoms with Gasteiger partial charge in [0.1, 0.15) is 0 Å². The Labute approximate surface area is 198 Å². The van der Waals surface area contributed by atoms with Crippen molar-refractivity contribution in [3.8, 4) is 0 Å². The number of nitrogens with one attached hydrogen (secondary N) is 3. The number of carbonyl (C=O) groups excluding carboxylic acids is 3. The molecule has 34 heavy (non-hydrogen) atoms. The summed E-state index contributed by atoms with van der Waals surface area (Å²) in [5.74, 6) is -1.60. The van der Waals surface area contributed by atoms with Gasteiger partial charge >= 0.3 is 6.18 Å². The lowest BCUT2D eigenvalue weighted by Crippen LogP contribution is -2.29. The molecule has 0 unspecified atom stereocenters. The minimum absolute atomic E-state index is 0.0524. The summed E-state index contributed by atoms with van der Waals surface area (Å²) < 4.78 is 38.1. The van der Waals surface area contributed by atoms with E-state index >= 15 is 0 Å². The van der Waals surface area contributed by atoms with E-state index in [0.717, 1.165) is 35.6 Å². The Bertz CT molecular complexity index is 1130. The van der Waals surface area contributed by atoms with Crippen LogP contribution in [-0.2, 0) is 11.0 Å². The number of halogens is 3. The number of hydrogen-bond donors (Lipinski definition) is 4. The molecule has 2 aromatic rings. The van der Waals surface area contributed by atoms with Crippen LogP contribution >= 0.6 is 11.3 Å². The summed E-state index contributed by atoms with van der Waals surface area (Å²) in [4.78, 5) is 37.7. The Morgan fingerprint density at radius 1 is 0.971 bits per heavy atom. The van der Waals surface area contributed by atoms with Gasteiger partial charge in [-0.05, 0) is 64.1 Å². The second-order valence-electron chi connectivity index (χ2n) is 7.52. The fourth-order valence-corrected chi connectivity index (χ4v) is 3.52. The lowest BCUT2D eigenvalue weighted by Gasteiger charge is -2.12. The third-order valence-electron chi connectivity index (χ3n) is 4.25. The van der Waals surface area contributed by atoms with Gasteiger partial charge in [-0.2, -0.15) is 18.3 Å². The molecule has 1 aromatic carbocycles. The van der Waals surface area contributed by atoms with Crippen LogP contribution in [-0.4, -0.2) is 29.5 Å². The van der Waals surface area contributed by atoms with Crippen LogP contribution in [0.15, 0.2) is 52.8 Å². The molecule has 0 saturated heterocycles. The van der Waals surface area contributed by atoms with Crippen molar-refractivity contribution >= 4 is 40.5 Å². The Morgan fingerprint density at radius 3 is 2.03 bits per heavy atom. The van der Waals surface area contributed by atoms with Gasteiger partial charge in [-0.3, -0.25) is 14.4 Å². The summed E-state index contributed by atoms with van der Waals surface area (Å²) in [5.41, 5.74) is 7.49. The fraction of sp³-hybridized carbons (Fsp3) is 0.273. The Morgan fingerprint density at radius 2 is 1.53 bits per heavy atom. The van der Waals surface area contributed by atoms with Crippen LogP contribution in [0.4, 0.5) is 18.9 Å². The molecule has 0 bridgehead atoms. The van der Waals surface area contributed by atoms with Crippen LogP contribution in [0.25, 0.3) is 0 Å². The maximum absolute atomic E-state index is 12.7. The third-order valence-corrected chi connectivity index (χ3v) is 5.33. The summed E-state index contributed by atoms with van der Waals surface area (Å²) >= 11 is 0.979. The number of nitrogens with two attached hydrogens (primary N) is 1. The zero-order valence-corrected chi connectivity index (χ0v) is 19.6. The van der Waals surface area contributed by atoms with Crippen LogP contribution in [0, 0.1) is 0 Å². The van der Waals surface area contributed by atoms with Crippen LogP contribution in [0.3, 0.4) is 0 Å². The zero-order valence-electron chi connectivity index (χ0n) is 18.8. The van der Waals surface area contributed by atoms with Gasteiger partial charge in [0, 0.05) is 17.4 Å². The van der Waals surface area contributed by atoms with E-state index in [-0.39, 0.29) is 39.5 Å². The smallest absolute Gasteiger partial charge is 0.402 e. The first-order valence-electron chi connectivity index (χ1n) is 10.00. The first-order valence-corrected chi connectivity index (χ1v) is 10.8. The molecule has 0 atom stereocenters. The van der Waals surface area contributed by atoms with Crippen LogP contribution in [0.2, 0.25) is 0 Å². The zero-order chi connectivity index (χ0) is 25.6. The number of allylic oxidation sites excluding steroid dienone is 1. The largest absolute Gasteiger partial charge is 0.416 e. The number of benzene rings is 1. The standard InChI is InChI=1S/C22H24F3N5O3S/c1-11(2)27-19(31)16-9-10-17(34-16)20(32)30-29-13(4)18(12(3)26)21(33)28-15-7-5-14(6-8-15)22(23,24)25/h5-11H,26H2,1-4H3,(H,27,31)(H,28,33)(H,30,32). The summed E-state index contributed by atoms with van der Waals surface area (Å²) in [6.45, 7) is 6.51. The molecule has 0 aliphatic rings. The number of alkyl halides is 3. The molecule has 8 nitrogen and oxygen atoms in total. The van der Waals surface area contributed by atoms with Crippen molar-refractivity contribution in [1.82, 2.24) is 10.7 Å². The normalized spacial score (nSPS) is 12.8.